The van der Waals surface area contributed by atoms with Gasteiger partial charge in [-0.3, -0.25) is 4.79 Å². The van der Waals surface area contributed by atoms with Gasteiger partial charge in [0.1, 0.15) is 0 Å². The smallest absolute Gasteiger partial charge is 0.164 e. The fraction of sp³-hybridized carbons (Fsp3) is 0.312. The Bertz CT molecular complexity index is 548. The maximum atomic E-state index is 12.1. The minimum Gasteiger partial charge on any atom is -0.314 e. The fourth-order valence-corrected chi connectivity index (χ4v) is 2.18. The van der Waals surface area contributed by atoms with Crippen molar-refractivity contribution in [2.75, 3.05) is 6.54 Å². The van der Waals surface area contributed by atoms with Gasteiger partial charge in [-0.1, -0.05) is 43.3 Å². The van der Waals surface area contributed by atoms with Crippen LogP contribution in [0.4, 0.5) is 0 Å². The summed E-state index contributed by atoms with van der Waals surface area (Å²) in [5.74, 6) is 0.203. The zero-order valence-corrected chi connectivity index (χ0v) is 10.9. The highest BCUT2D eigenvalue weighted by Crippen LogP contribution is 2.17. The number of carbonyl (C=O) groups is 1. The number of benzene rings is 2. The van der Waals surface area contributed by atoms with E-state index in [1.165, 1.54) is 5.39 Å². The number of fused-ring (bicyclic) bond motifs is 1. The summed E-state index contributed by atoms with van der Waals surface area (Å²) in [5.41, 5.74) is 0.804. The zero-order chi connectivity index (χ0) is 13.0. The summed E-state index contributed by atoms with van der Waals surface area (Å²) in [6.45, 7) is 4.99. The van der Waals surface area contributed by atoms with Crippen LogP contribution in [0.25, 0.3) is 10.8 Å². The third-order valence-electron chi connectivity index (χ3n) is 3.12. The molecule has 1 atom stereocenters. The first-order valence-electron chi connectivity index (χ1n) is 6.46. The van der Waals surface area contributed by atoms with Crippen molar-refractivity contribution in [1.82, 2.24) is 5.32 Å². The van der Waals surface area contributed by atoms with Crippen molar-refractivity contribution in [2.24, 2.45) is 0 Å². The second kappa shape index (κ2) is 5.78. The van der Waals surface area contributed by atoms with Gasteiger partial charge in [-0.05, 0) is 30.3 Å². The van der Waals surface area contributed by atoms with Crippen LogP contribution < -0.4 is 5.32 Å². The predicted octanol–water partition coefficient (Wildman–Crippen LogP) is 3.41. The van der Waals surface area contributed by atoms with E-state index in [0.717, 1.165) is 17.5 Å². The number of hydrogen-bond acceptors (Lipinski definition) is 2. The maximum absolute atomic E-state index is 12.1. The van der Waals surface area contributed by atoms with Crippen LogP contribution >= 0.6 is 0 Å². The lowest BCUT2D eigenvalue weighted by Gasteiger charge is -2.11. The molecule has 2 rings (SSSR count). The second-order valence-corrected chi connectivity index (χ2v) is 4.65. The largest absolute Gasteiger partial charge is 0.314 e. The molecule has 2 aromatic rings. The number of hydrogen-bond donors (Lipinski definition) is 1. The molecule has 0 aliphatic carbocycles. The molecule has 18 heavy (non-hydrogen) atoms. The fourth-order valence-electron chi connectivity index (χ4n) is 2.18. The molecule has 0 saturated carbocycles. The van der Waals surface area contributed by atoms with Gasteiger partial charge in [-0.25, -0.2) is 0 Å². The highest BCUT2D eigenvalue weighted by Gasteiger charge is 2.10. The normalized spacial score (nSPS) is 12.6. The van der Waals surface area contributed by atoms with E-state index in [-0.39, 0.29) is 11.8 Å². The molecule has 0 heterocycles. The highest BCUT2D eigenvalue weighted by atomic mass is 16.1. The third-order valence-corrected chi connectivity index (χ3v) is 3.12. The van der Waals surface area contributed by atoms with Gasteiger partial charge in [0.15, 0.2) is 5.78 Å². The van der Waals surface area contributed by atoms with E-state index in [4.69, 9.17) is 0 Å². The van der Waals surface area contributed by atoms with Crippen LogP contribution in [0, 0.1) is 0 Å². The molecule has 0 saturated heterocycles. The standard InChI is InChI=1S/C16H19NO/c1-3-17-12(2)10-16(18)15-9-8-13-6-4-5-7-14(13)11-15/h4-9,11-12,17H,3,10H2,1-2H3. The molecule has 0 amide bonds. The molecule has 1 unspecified atom stereocenters. The SMILES string of the molecule is CCNC(C)CC(=O)c1ccc2ccccc2c1. The quantitative estimate of drug-likeness (QED) is 0.813. The molecule has 0 spiro atoms. The summed E-state index contributed by atoms with van der Waals surface area (Å²) in [4.78, 5) is 12.1. The van der Waals surface area contributed by atoms with Crippen LogP contribution in [-0.4, -0.2) is 18.4 Å². The van der Waals surface area contributed by atoms with Crippen LogP contribution in [0.5, 0.6) is 0 Å². The second-order valence-electron chi connectivity index (χ2n) is 4.65. The minimum absolute atomic E-state index is 0.203. The lowest BCUT2D eigenvalue weighted by molar-refractivity contribution is 0.0972. The molecule has 0 aliphatic rings. The monoisotopic (exact) mass is 241 g/mol. The van der Waals surface area contributed by atoms with Gasteiger partial charge >= 0.3 is 0 Å². The Labute approximate surface area is 108 Å². The van der Waals surface area contributed by atoms with E-state index < -0.39 is 0 Å². The van der Waals surface area contributed by atoms with Crippen molar-refractivity contribution < 1.29 is 4.79 Å². The van der Waals surface area contributed by atoms with Gasteiger partial charge in [-0.2, -0.15) is 0 Å². The molecule has 0 fully saturated rings. The molecule has 2 heteroatoms. The summed E-state index contributed by atoms with van der Waals surface area (Å²) in [7, 11) is 0. The Balaban J connectivity index is 2.17. The number of ketones is 1. The van der Waals surface area contributed by atoms with Crippen LogP contribution in [0.2, 0.25) is 0 Å². The van der Waals surface area contributed by atoms with Crippen LogP contribution in [-0.2, 0) is 0 Å². The van der Waals surface area contributed by atoms with E-state index in [9.17, 15) is 4.79 Å². The van der Waals surface area contributed by atoms with Gasteiger partial charge in [0, 0.05) is 18.0 Å². The van der Waals surface area contributed by atoms with Gasteiger partial charge in [0.2, 0.25) is 0 Å². The van der Waals surface area contributed by atoms with Crippen molar-refractivity contribution in [3.8, 4) is 0 Å². The van der Waals surface area contributed by atoms with Gasteiger partial charge in [0.05, 0.1) is 0 Å². The van der Waals surface area contributed by atoms with Crippen molar-refractivity contribution in [2.45, 2.75) is 26.3 Å². The Kier molecular flexibility index (Phi) is 4.11. The van der Waals surface area contributed by atoms with Crippen LogP contribution in [0.15, 0.2) is 42.5 Å². The summed E-state index contributed by atoms with van der Waals surface area (Å²) in [5, 5.41) is 5.56. The average molecular weight is 241 g/mol. The minimum atomic E-state index is 0.203. The molecule has 2 aromatic carbocycles. The molecule has 0 radical (unpaired) electrons. The number of rotatable bonds is 5. The van der Waals surface area contributed by atoms with Crippen molar-refractivity contribution >= 4 is 16.6 Å². The molecular formula is C16H19NO. The highest BCUT2D eigenvalue weighted by molar-refractivity contribution is 6.00. The number of Topliss-reactive ketones (excluding diaryl/α,β-unsaturated/α-hetero) is 1. The summed E-state index contributed by atoms with van der Waals surface area (Å²) >= 11 is 0. The van der Waals surface area contributed by atoms with Gasteiger partial charge in [-0.15, -0.1) is 0 Å². The summed E-state index contributed by atoms with van der Waals surface area (Å²) < 4.78 is 0. The molecule has 0 bridgehead atoms. The number of carbonyl (C=O) groups excluding carboxylic acids is 1. The Hall–Kier alpha value is -1.67. The molecule has 0 aromatic heterocycles. The first-order chi connectivity index (χ1) is 8.70. The average Bonchev–Trinajstić information content (AvgIpc) is 2.38. The lowest BCUT2D eigenvalue weighted by Crippen LogP contribution is -2.28. The van der Waals surface area contributed by atoms with Crippen molar-refractivity contribution in [1.29, 1.82) is 0 Å². The third kappa shape index (κ3) is 2.96. The van der Waals surface area contributed by atoms with E-state index in [2.05, 4.69) is 18.3 Å². The predicted molar refractivity (Wildman–Crippen MR) is 76.0 cm³/mol. The summed E-state index contributed by atoms with van der Waals surface area (Å²) in [6, 6.07) is 14.3. The first-order valence-corrected chi connectivity index (χ1v) is 6.46. The van der Waals surface area contributed by atoms with Crippen LogP contribution in [0.3, 0.4) is 0 Å². The first kappa shape index (κ1) is 12.8. The van der Waals surface area contributed by atoms with Crippen molar-refractivity contribution in [3.63, 3.8) is 0 Å². The van der Waals surface area contributed by atoms with Crippen molar-refractivity contribution in [3.05, 3.63) is 48.0 Å². The van der Waals surface area contributed by atoms with E-state index in [0.29, 0.717) is 6.42 Å². The lowest BCUT2D eigenvalue weighted by atomic mass is 10.0. The molecule has 0 aliphatic heterocycles. The van der Waals surface area contributed by atoms with E-state index in [1.54, 1.807) is 0 Å². The molecular weight excluding hydrogens is 222 g/mol. The maximum Gasteiger partial charge on any atom is 0.164 e. The van der Waals surface area contributed by atoms with E-state index >= 15 is 0 Å². The van der Waals surface area contributed by atoms with E-state index in [1.807, 2.05) is 43.3 Å². The summed E-state index contributed by atoms with van der Waals surface area (Å²) in [6.07, 6.45) is 0.548. The molecule has 94 valence electrons. The van der Waals surface area contributed by atoms with Crippen LogP contribution in [0.1, 0.15) is 30.6 Å². The zero-order valence-electron chi connectivity index (χ0n) is 10.9. The Morgan fingerprint density at radius 2 is 1.89 bits per heavy atom. The Morgan fingerprint density at radius 3 is 2.61 bits per heavy atom. The molecule has 2 nitrogen and oxygen atoms in total. The topological polar surface area (TPSA) is 29.1 Å². The Morgan fingerprint density at radius 1 is 1.17 bits per heavy atom. The number of nitrogens with one attached hydrogen (secondary N) is 1. The van der Waals surface area contributed by atoms with Gasteiger partial charge in [0.25, 0.3) is 0 Å². The molecule has 1 N–H and O–H groups in total. The van der Waals surface area contributed by atoms with Gasteiger partial charge < -0.3 is 5.32 Å².